The number of nitrogens with one attached hydrogen (secondary N) is 2. The van der Waals surface area contributed by atoms with Crippen LogP contribution in [0.5, 0.6) is 0 Å². The number of aryl methyl sites for hydroxylation is 1. The largest absolute Gasteiger partial charge is 0.368 e. The SMILES string of the molecule is Cc1ccc(C(=O)Nc2ccc(N3CCNCC3)cn2)cc1F. The fourth-order valence-electron chi connectivity index (χ4n) is 2.49. The Hall–Kier alpha value is -2.47. The van der Waals surface area contributed by atoms with Gasteiger partial charge in [0.05, 0.1) is 11.9 Å². The van der Waals surface area contributed by atoms with Crippen molar-refractivity contribution in [3.63, 3.8) is 0 Å². The van der Waals surface area contributed by atoms with E-state index in [2.05, 4.69) is 20.5 Å². The van der Waals surface area contributed by atoms with Crippen molar-refractivity contribution in [2.45, 2.75) is 6.92 Å². The lowest BCUT2D eigenvalue weighted by Gasteiger charge is -2.29. The second kappa shape index (κ2) is 6.75. The lowest BCUT2D eigenvalue weighted by atomic mass is 10.1. The molecule has 1 aromatic heterocycles. The summed E-state index contributed by atoms with van der Waals surface area (Å²) in [6.45, 7) is 5.45. The zero-order valence-electron chi connectivity index (χ0n) is 13.0. The van der Waals surface area contributed by atoms with E-state index in [0.717, 1.165) is 31.9 Å². The monoisotopic (exact) mass is 314 g/mol. The van der Waals surface area contributed by atoms with Gasteiger partial charge in [-0.25, -0.2) is 9.37 Å². The number of pyridine rings is 1. The van der Waals surface area contributed by atoms with Crippen molar-refractivity contribution in [3.05, 3.63) is 53.5 Å². The molecule has 0 bridgehead atoms. The molecule has 1 fully saturated rings. The minimum atomic E-state index is -0.389. The summed E-state index contributed by atoms with van der Waals surface area (Å²) in [7, 11) is 0. The van der Waals surface area contributed by atoms with Crippen molar-refractivity contribution in [3.8, 4) is 0 Å². The van der Waals surface area contributed by atoms with E-state index in [-0.39, 0.29) is 17.3 Å². The zero-order chi connectivity index (χ0) is 16.2. The molecule has 1 saturated heterocycles. The van der Waals surface area contributed by atoms with Gasteiger partial charge in [0.15, 0.2) is 0 Å². The Labute approximate surface area is 134 Å². The number of hydrogen-bond donors (Lipinski definition) is 2. The maximum Gasteiger partial charge on any atom is 0.256 e. The molecule has 2 heterocycles. The summed E-state index contributed by atoms with van der Waals surface area (Å²) in [5, 5.41) is 5.99. The molecule has 2 N–H and O–H groups in total. The van der Waals surface area contributed by atoms with Crippen LogP contribution in [0.4, 0.5) is 15.9 Å². The highest BCUT2D eigenvalue weighted by Gasteiger charge is 2.12. The smallest absolute Gasteiger partial charge is 0.256 e. The van der Waals surface area contributed by atoms with Gasteiger partial charge < -0.3 is 15.5 Å². The van der Waals surface area contributed by atoms with Crippen LogP contribution in [0.2, 0.25) is 0 Å². The summed E-state index contributed by atoms with van der Waals surface area (Å²) in [6.07, 6.45) is 1.75. The zero-order valence-corrected chi connectivity index (χ0v) is 13.0. The number of aromatic nitrogens is 1. The van der Waals surface area contributed by atoms with Gasteiger partial charge in [-0.2, -0.15) is 0 Å². The molecular formula is C17H19FN4O. The molecule has 0 unspecified atom stereocenters. The second-order valence-corrected chi connectivity index (χ2v) is 5.56. The summed E-state index contributed by atoms with van der Waals surface area (Å²) >= 11 is 0. The summed E-state index contributed by atoms with van der Waals surface area (Å²) in [4.78, 5) is 18.6. The maximum atomic E-state index is 13.5. The highest BCUT2D eigenvalue weighted by molar-refractivity contribution is 6.03. The van der Waals surface area contributed by atoms with E-state index in [1.807, 2.05) is 6.07 Å². The Bertz CT molecular complexity index is 696. The third-order valence-corrected chi connectivity index (χ3v) is 3.91. The average Bonchev–Trinajstić information content (AvgIpc) is 2.59. The summed E-state index contributed by atoms with van der Waals surface area (Å²) < 4.78 is 13.5. The molecule has 0 radical (unpaired) electrons. The molecule has 0 aliphatic carbocycles. The van der Waals surface area contributed by atoms with Crippen molar-refractivity contribution in [1.29, 1.82) is 0 Å². The number of nitrogens with zero attached hydrogens (tertiary/aromatic N) is 2. The van der Waals surface area contributed by atoms with Crippen LogP contribution in [0.25, 0.3) is 0 Å². The first-order valence-corrected chi connectivity index (χ1v) is 7.63. The van der Waals surface area contributed by atoms with E-state index in [4.69, 9.17) is 0 Å². The number of halogens is 1. The van der Waals surface area contributed by atoms with Gasteiger partial charge in [-0.05, 0) is 36.8 Å². The average molecular weight is 314 g/mol. The van der Waals surface area contributed by atoms with Gasteiger partial charge in [0.1, 0.15) is 11.6 Å². The van der Waals surface area contributed by atoms with Gasteiger partial charge in [-0.1, -0.05) is 6.07 Å². The molecule has 23 heavy (non-hydrogen) atoms. The van der Waals surface area contributed by atoms with Crippen LogP contribution in [0.15, 0.2) is 36.5 Å². The second-order valence-electron chi connectivity index (χ2n) is 5.56. The van der Waals surface area contributed by atoms with Crippen LogP contribution in [0.1, 0.15) is 15.9 Å². The molecule has 120 valence electrons. The van der Waals surface area contributed by atoms with E-state index in [0.29, 0.717) is 11.4 Å². The van der Waals surface area contributed by atoms with Gasteiger partial charge in [0.25, 0.3) is 5.91 Å². The standard InChI is InChI=1S/C17H19FN4O/c1-12-2-3-13(10-15(12)18)17(23)21-16-5-4-14(11-20-16)22-8-6-19-7-9-22/h2-5,10-11,19H,6-9H2,1H3,(H,20,21,23). The van der Waals surface area contributed by atoms with Crippen molar-refractivity contribution in [2.24, 2.45) is 0 Å². The molecule has 1 aliphatic heterocycles. The van der Waals surface area contributed by atoms with E-state index in [9.17, 15) is 9.18 Å². The first kappa shape index (κ1) is 15.4. The predicted octanol–water partition coefficient (Wildman–Crippen LogP) is 2.19. The maximum absolute atomic E-state index is 13.5. The van der Waals surface area contributed by atoms with E-state index in [1.165, 1.54) is 6.07 Å². The van der Waals surface area contributed by atoms with Gasteiger partial charge in [-0.3, -0.25) is 4.79 Å². The highest BCUT2D eigenvalue weighted by Crippen LogP contribution is 2.16. The molecule has 0 spiro atoms. The lowest BCUT2D eigenvalue weighted by Crippen LogP contribution is -2.43. The molecule has 1 aliphatic rings. The van der Waals surface area contributed by atoms with Crippen LogP contribution >= 0.6 is 0 Å². The molecule has 0 atom stereocenters. The van der Waals surface area contributed by atoms with Crippen LogP contribution in [0.3, 0.4) is 0 Å². The van der Waals surface area contributed by atoms with Crippen molar-refractivity contribution < 1.29 is 9.18 Å². The third kappa shape index (κ3) is 3.65. The van der Waals surface area contributed by atoms with E-state index >= 15 is 0 Å². The van der Waals surface area contributed by atoms with Crippen LogP contribution in [0, 0.1) is 12.7 Å². The number of carbonyl (C=O) groups excluding carboxylic acids is 1. The van der Waals surface area contributed by atoms with Gasteiger partial charge in [0.2, 0.25) is 0 Å². The quantitative estimate of drug-likeness (QED) is 0.912. The minimum Gasteiger partial charge on any atom is -0.368 e. The number of hydrogen-bond acceptors (Lipinski definition) is 4. The third-order valence-electron chi connectivity index (χ3n) is 3.91. The minimum absolute atomic E-state index is 0.279. The van der Waals surface area contributed by atoms with E-state index in [1.54, 1.807) is 31.3 Å². The summed E-state index contributed by atoms with van der Waals surface area (Å²) in [5.74, 6) is -0.305. The number of carbonyl (C=O) groups is 1. The topological polar surface area (TPSA) is 57.3 Å². The Morgan fingerprint density at radius 3 is 2.70 bits per heavy atom. The molecule has 6 heteroatoms. The lowest BCUT2D eigenvalue weighted by molar-refractivity contribution is 0.102. The molecule has 1 amide bonds. The van der Waals surface area contributed by atoms with Crippen LogP contribution in [-0.2, 0) is 0 Å². The normalized spacial score (nSPS) is 14.6. The Morgan fingerprint density at radius 1 is 1.26 bits per heavy atom. The Kier molecular flexibility index (Phi) is 4.52. The van der Waals surface area contributed by atoms with Gasteiger partial charge in [0, 0.05) is 31.7 Å². The number of rotatable bonds is 3. The molecular weight excluding hydrogens is 295 g/mol. The molecule has 2 aromatic rings. The van der Waals surface area contributed by atoms with Crippen molar-refractivity contribution in [1.82, 2.24) is 10.3 Å². The van der Waals surface area contributed by atoms with E-state index < -0.39 is 0 Å². The fraction of sp³-hybridized carbons (Fsp3) is 0.294. The first-order valence-electron chi connectivity index (χ1n) is 7.63. The summed E-state index contributed by atoms with van der Waals surface area (Å²) in [5.41, 5.74) is 1.83. The van der Waals surface area contributed by atoms with Crippen molar-refractivity contribution >= 4 is 17.4 Å². The van der Waals surface area contributed by atoms with Crippen molar-refractivity contribution in [2.75, 3.05) is 36.4 Å². The van der Waals surface area contributed by atoms with Gasteiger partial charge in [-0.15, -0.1) is 0 Å². The molecule has 5 nitrogen and oxygen atoms in total. The van der Waals surface area contributed by atoms with Gasteiger partial charge >= 0.3 is 0 Å². The number of anilines is 2. The number of amides is 1. The highest BCUT2D eigenvalue weighted by atomic mass is 19.1. The molecule has 3 rings (SSSR count). The number of benzene rings is 1. The predicted molar refractivity (Wildman–Crippen MR) is 88.4 cm³/mol. The van der Waals surface area contributed by atoms with Crippen LogP contribution in [-0.4, -0.2) is 37.1 Å². The Morgan fingerprint density at radius 2 is 2.04 bits per heavy atom. The first-order chi connectivity index (χ1) is 11.1. The molecule has 0 saturated carbocycles. The van der Waals surface area contributed by atoms with Crippen LogP contribution < -0.4 is 15.5 Å². The molecule has 1 aromatic carbocycles. The summed E-state index contributed by atoms with van der Waals surface area (Å²) in [6, 6.07) is 8.12. The Balaban J connectivity index is 1.67. The number of piperazine rings is 1. The fourth-order valence-corrected chi connectivity index (χ4v) is 2.49.